The van der Waals surface area contributed by atoms with Gasteiger partial charge in [0.15, 0.2) is 0 Å². The van der Waals surface area contributed by atoms with E-state index in [0.29, 0.717) is 19.3 Å². The Morgan fingerprint density at radius 3 is 2.48 bits per heavy atom. The van der Waals surface area contributed by atoms with E-state index in [9.17, 15) is 19.5 Å². The number of amides is 3. The minimum atomic E-state index is -1.02. The maximum atomic E-state index is 13.6. The van der Waals surface area contributed by atoms with Gasteiger partial charge >= 0.3 is 0 Å². The molecule has 0 aromatic heterocycles. The molecule has 3 fully saturated rings. The van der Waals surface area contributed by atoms with Crippen molar-refractivity contribution in [1.29, 1.82) is 0 Å². The number of nitrogens with zero attached hydrogens (tertiary/aromatic N) is 1. The summed E-state index contributed by atoms with van der Waals surface area (Å²) in [6.45, 7) is 9.46. The molecule has 6 atom stereocenters. The van der Waals surface area contributed by atoms with Crippen LogP contribution in [-0.4, -0.2) is 70.7 Å². The highest BCUT2D eigenvalue weighted by molar-refractivity contribution is 5.99. The number of rotatable bonds is 6. The average Bonchev–Trinajstić information content (AvgIpc) is 3.24. The fourth-order valence-electron chi connectivity index (χ4n) is 5.51. The predicted octanol–water partition coefficient (Wildman–Crippen LogP) is 0.429. The number of hydrogen-bond donors (Lipinski definition) is 3. The molecule has 8 heteroatoms. The number of nitrogens with one attached hydrogen (secondary N) is 2. The summed E-state index contributed by atoms with van der Waals surface area (Å²) in [5, 5.41) is 15.7. The van der Waals surface area contributed by atoms with Crippen LogP contribution in [0.5, 0.6) is 0 Å². The molecule has 3 aliphatic rings. The topological polar surface area (TPSA) is 108 Å². The number of likely N-dealkylation sites (tertiary alicyclic amines) is 1. The van der Waals surface area contributed by atoms with Gasteiger partial charge in [0, 0.05) is 12.6 Å². The quantitative estimate of drug-likeness (QED) is 0.590. The molecule has 1 spiro atoms. The Morgan fingerprint density at radius 2 is 1.97 bits per heavy atom. The van der Waals surface area contributed by atoms with E-state index in [2.05, 4.69) is 10.6 Å². The maximum Gasteiger partial charge on any atom is 0.246 e. The van der Waals surface area contributed by atoms with Crippen molar-refractivity contribution in [2.24, 2.45) is 17.8 Å². The molecule has 0 saturated carbocycles. The Bertz CT molecular complexity index is 688. The first-order valence-electron chi connectivity index (χ1n) is 10.6. The molecule has 8 nitrogen and oxygen atoms in total. The van der Waals surface area contributed by atoms with Gasteiger partial charge < -0.3 is 25.4 Å². The van der Waals surface area contributed by atoms with Crippen LogP contribution in [0.3, 0.4) is 0 Å². The summed E-state index contributed by atoms with van der Waals surface area (Å²) < 4.78 is 6.30. The minimum absolute atomic E-state index is 0.226. The van der Waals surface area contributed by atoms with E-state index in [1.807, 2.05) is 34.6 Å². The zero-order chi connectivity index (χ0) is 21.7. The molecule has 0 aromatic carbocycles. The Hall–Kier alpha value is -1.67. The normalized spacial score (nSPS) is 34.5. The van der Waals surface area contributed by atoms with Crippen molar-refractivity contribution >= 4 is 17.7 Å². The third-order valence-electron chi connectivity index (χ3n) is 6.38. The lowest BCUT2D eigenvalue weighted by Crippen LogP contribution is -2.60. The second kappa shape index (κ2) is 7.54. The first kappa shape index (κ1) is 22.0. The van der Waals surface area contributed by atoms with Crippen LogP contribution < -0.4 is 10.6 Å². The summed E-state index contributed by atoms with van der Waals surface area (Å²) in [6.07, 6.45) is 1.41. The largest absolute Gasteiger partial charge is 0.394 e. The summed E-state index contributed by atoms with van der Waals surface area (Å²) in [7, 11) is 1.55. The number of fused-ring (bicyclic) bond motifs is 1. The SMILES string of the molecule is CNC(=O)[C@@H]1[C@@H]2CCC3(O2)C(C(=O)NC(C)(C)C)N([C@@H](CO)CC(C)C)C(=O)[C@H]13. The highest BCUT2D eigenvalue weighted by Gasteiger charge is 2.75. The van der Waals surface area contributed by atoms with Crippen LogP contribution >= 0.6 is 0 Å². The summed E-state index contributed by atoms with van der Waals surface area (Å²) in [5.41, 5.74) is -1.50. The summed E-state index contributed by atoms with van der Waals surface area (Å²) in [5.74, 6) is -1.83. The van der Waals surface area contributed by atoms with Crippen LogP contribution in [-0.2, 0) is 19.1 Å². The van der Waals surface area contributed by atoms with Gasteiger partial charge in [-0.1, -0.05) is 13.8 Å². The number of ether oxygens (including phenoxy) is 1. The lowest BCUT2D eigenvalue weighted by molar-refractivity contribution is -0.146. The van der Waals surface area contributed by atoms with Gasteiger partial charge in [0.1, 0.15) is 11.6 Å². The van der Waals surface area contributed by atoms with Gasteiger partial charge in [-0.15, -0.1) is 0 Å². The highest BCUT2D eigenvalue weighted by Crippen LogP contribution is 2.58. The molecule has 0 aromatic rings. The van der Waals surface area contributed by atoms with Gasteiger partial charge in [0.2, 0.25) is 17.7 Å². The molecule has 164 valence electrons. The van der Waals surface area contributed by atoms with Crippen LogP contribution in [0.2, 0.25) is 0 Å². The maximum absolute atomic E-state index is 13.6. The zero-order valence-corrected chi connectivity index (χ0v) is 18.3. The van der Waals surface area contributed by atoms with E-state index in [-0.39, 0.29) is 36.4 Å². The highest BCUT2D eigenvalue weighted by atomic mass is 16.5. The molecule has 29 heavy (non-hydrogen) atoms. The summed E-state index contributed by atoms with van der Waals surface area (Å²) >= 11 is 0. The van der Waals surface area contributed by atoms with Gasteiger partial charge in [0.25, 0.3) is 0 Å². The fraction of sp³-hybridized carbons (Fsp3) is 0.857. The number of hydrogen-bond acceptors (Lipinski definition) is 5. The van der Waals surface area contributed by atoms with Crippen molar-refractivity contribution in [3.63, 3.8) is 0 Å². The smallest absolute Gasteiger partial charge is 0.246 e. The van der Waals surface area contributed by atoms with E-state index < -0.39 is 35.1 Å². The Labute approximate surface area is 172 Å². The van der Waals surface area contributed by atoms with E-state index in [1.54, 1.807) is 7.05 Å². The Morgan fingerprint density at radius 1 is 1.31 bits per heavy atom. The van der Waals surface area contributed by atoms with Gasteiger partial charge in [-0.05, 0) is 46.0 Å². The number of carbonyl (C=O) groups is 3. The van der Waals surface area contributed by atoms with Crippen LogP contribution in [0.4, 0.5) is 0 Å². The van der Waals surface area contributed by atoms with Crippen LogP contribution in [0, 0.1) is 17.8 Å². The van der Waals surface area contributed by atoms with Crippen molar-refractivity contribution < 1.29 is 24.2 Å². The molecule has 3 heterocycles. The third-order valence-corrected chi connectivity index (χ3v) is 6.38. The third kappa shape index (κ3) is 3.54. The van der Waals surface area contributed by atoms with Gasteiger partial charge in [-0.3, -0.25) is 14.4 Å². The molecule has 0 radical (unpaired) electrons. The molecule has 2 unspecified atom stereocenters. The molecule has 3 N–H and O–H groups in total. The van der Waals surface area contributed by atoms with E-state index in [0.717, 1.165) is 0 Å². The first-order valence-corrected chi connectivity index (χ1v) is 10.6. The predicted molar refractivity (Wildman–Crippen MR) is 107 cm³/mol. The van der Waals surface area contributed by atoms with E-state index in [1.165, 1.54) is 4.90 Å². The monoisotopic (exact) mass is 409 g/mol. The zero-order valence-electron chi connectivity index (χ0n) is 18.3. The Balaban J connectivity index is 2.06. The van der Waals surface area contributed by atoms with Gasteiger partial charge in [-0.25, -0.2) is 0 Å². The molecule has 3 amide bonds. The van der Waals surface area contributed by atoms with Crippen LogP contribution in [0.15, 0.2) is 0 Å². The van der Waals surface area contributed by atoms with Crippen molar-refractivity contribution in [1.82, 2.24) is 15.5 Å². The number of aliphatic hydroxyl groups excluding tert-OH is 1. The molecular weight excluding hydrogens is 374 g/mol. The molecule has 3 aliphatic heterocycles. The minimum Gasteiger partial charge on any atom is -0.394 e. The van der Waals surface area contributed by atoms with Gasteiger partial charge in [-0.2, -0.15) is 0 Å². The van der Waals surface area contributed by atoms with Crippen molar-refractivity contribution in [3.8, 4) is 0 Å². The van der Waals surface area contributed by atoms with Gasteiger partial charge in [0.05, 0.1) is 30.6 Å². The molecule has 2 bridgehead atoms. The molecule has 0 aliphatic carbocycles. The Kier molecular flexibility index (Phi) is 5.73. The van der Waals surface area contributed by atoms with E-state index >= 15 is 0 Å². The number of carbonyl (C=O) groups excluding carboxylic acids is 3. The first-order chi connectivity index (χ1) is 13.5. The second-order valence-electron chi connectivity index (χ2n) is 10.1. The van der Waals surface area contributed by atoms with Crippen molar-refractivity contribution in [3.05, 3.63) is 0 Å². The number of aliphatic hydroxyl groups is 1. The van der Waals surface area contributed by atoms with Crippen molar-refractivity contribution in [2.45, 2.75) is 83.2 Å². The summed E-state index contributed by atoms with van der Waals surface area (Å²) in [6, 6.07) is -1.35. The standard InChI is InChI=1S/C21H35N3O5/c1-11(2)9-12(10-25)24-16(18(27)23-20(3,4)5)21-8-7-13(29-21)14(17(26)22-6)15(21)19(24)28/h11-16,25H,7-10H2,1-6H3,(H,22,26)(H,23,27)/t12-,13+,14-,15+,16?,21?/m1/s1. The molecule has 3 saturated heterocycles. The van der Waals surface area contributed by atoms with Crippen LogP contribution in [0.1, 0.15) is 53.9 Å². The average molecular weight is 410 g/mol. The summed E-state index contributed by atoms with van der Waals surface area (Å²) in [4.78, 5) is 41.2. The lowest BCUT2D eigenvalue weighted by Gasteiger charge is -2.38. The molecule has 3 rings (SSSR count). The van der Waals surface area contributed by atoms with E-state index in [4.69, 9.17) is 4.74 Å². The van der Waals surface area contributed by atoms with Crippen LogP contribution in [0.25, 0.3) is 0 Å². The molecular formula is C21H35N3O5. The van der Waals surface area contributed by atoms with Crippen molar-refractivity contribution in [2.75, 3.05) is 13.7 Å². The fourth-order valence-corrected chi connectivity index (χ4v) is 5.51. The lowest BCUT2D eigenvalue weighted by atomic mass is 9.70. The second-order valence-corrected chi connectivity index (χ2v) is 10.1.